The molecule has 0 aliphatic heterocycles. The summed E-state index contributed by atoms with van der Waals surface area (Å²) in [6.45, 7) is 7.55. The molecule has 0 N–H and O–H groups in total. The van der Waals surface area contributed by atoms with E-state index in [4.69, 9.17) is 9.47 Å². The van der Waals surface area contributed by atoms with Gasteiger partial charge in [-0.3, -0.25) is 4.79 Å². The standard InChI is InChI=1S/C18H27F2NO3/c1-13(17(22)21(10-11-23-5)12-16(19)20)24-15-8-6-14(7-9-15)18(2,3)4/h6-9,13,16H,10-12H2,1-5H3. The minimum Gasteiger partial charge on any atom is -0.481 e. The van der Waals surface area contributed by atoms with Gasteiger partial charge in [0.1, 0.15) is 5.75 Å². The van der Waals surface area contributed by atoms with Gasteiger partial charge in [-0.15, -0.1) is 0 Å². The van der Waals surface area contributed by atoms with E-state index in [2.05, 4.69) is 20.8 Å². The summed E-state index contributed by atoms with van der Waals surface area (Å²) in [4.78, 5) is 13.4. The predicted molar refractivity (Wildman–Crippen MR) is 89.7 cm³/mol. The van der Waals surface area contributed by atoms with E-state index in [-0.39, 0.29) is 18.6 Å². The maximum atomic E-state index is 12.6. The Hall–Kier alpha value is -1.69. The lowest BCUT2D eigenvalue weighted by atomic mass is 9.87. The minimum absolute atomic E-state index is 0.0220. The molecule has 0 heterocycles. The average molecular weight is 343 g/mol. The van der Waals surface area contributed by atoms with Crippen molar-refractivity contribution in [1.29, 1.82) is 0 Å². The molecular weight excluding hydrogens is 316 g/mol. The van der Waals surface area contributed by atoms with Gasteiger partial charge in [-0.05, 0) is 30.0 Å². The quantitative estimate of drug-likeness (QED) is 0.725. The van der Waals surface area contributed by atoms with Crippen molar-refractivity contribution in [2.45, 2.75) is 45.6 Å². The van der Waals surface area contributed by atoms with Gasteiger partial charge in [-0.25, -0.2) is 8.78 Å². The third-order valence-corrected chi connectivity index (χ3v) is 3.62. The van der Waals surface area contributed by atoms with Crippen LogP contribution in [0.4, 0.5) is 8.78 Å². The lowest BCUT2D eigenvalue weighted by Gasteiger charge is -2.26. The zero-order chi connectivity index (χ0) is 18.3. The van der Waals surface area contributed by atoms with Gasteiger partial charge in [0, 0.05) is 13.7 Å². The number of carbonyl (C=O) groups is 1. The number of carbonyl (C=O) groups excluding carboxylic acids is 1. The van der Waals surface area contributed by atoms with E-state index < -0.39 is 25.0 Å². The highest BCUT2D eigenvalue weighted by Crippen LogP contribution is 2.24. The van der Waals surface area contributed by atoms with Crippen LogP contribution in [0.15, 0.2) is 24.3 Å². The Balaban J connectivity index is 2.73. The highest BCUT2D eigenvalue weighted by molar-refractivity contribution is 5.81. The number of benzene rings is 1. The number of methoxy groups -OCH3 is 1. The van der Waals surface area contributed by atoms with Gasteiger partial charge in [0.25, 0.3) is 12.3 Å². The van der Waals surface area contributed by atoms with Crippen LogP contribution in [-0.2, 0) is 14.9 Å². The zero-order valence-electron chi connectivity index (χ0n) is 15.0. The molecule has 0 aliphatic rings. The van der Waals surface area contributed by atoms with E-state index in [0.717, 1.165) is 10.5 Å². The van der Waals surface area contributed by atoms with Crippen LogP contribution in [0.25, 0.3) is 0 Å². The second-order valence-corrected chi connectivity index (χ2v) is 6.70. The molecule has 4 nitrogen and oxygen atoms in total. The maximum Gasteiger partial charge on any atom is 0.263 e. The van der Waals surface area contributed by atoms with Crippen LogP contribution < -0.4 is 4.74 Å². The van der Waals surface area contributed by atoms with Crippen LogP contribution in [-0.4, -0.2) is 50.1 Å². The topological polar surface area (TPSA) is 38.8 Å². The molecule has 1 unspecified atom stereocenters. The second kappa shape index (κ2) is 8.97. The van der Waals surface area contributed by atoms with E-state index in [1.165, 1.54) is 7.11 Å². The lowest BCUT2D eigenvalue weighted by Crippen LogP contribution is -2.44. The molecule has 1 amide bonds. The summed E-state index contributed by atoms with van der Waals surface area (Å²) in [6.07, 6.45) is -3.44. The summed E-state index contributed by atoms with van der Waals surface area (Å²) >= 11 is 0. The van der Waals surface area contributed by atoms with Gasteiger partial charge in [-0.2, -0.15) is 0 Å². The molecule has 6 heteroatoms. The lowest BCUT2D eigenvalue weighted by molar-refractivity contribution is -0.140. The summed E-state index contributed by atoms with van der Waals surface area (Å²) in [5.41, 5.74) is 1.17. The van der Waals surface area contributed by atoms with Crippen molar-refractivity contribution in [3.05, 3.63) is 29.8 Å². The number of alkyl halides is 2. The van der Waals surface area contributed by atoms with Crippen molar-refractivity contribution in [2.75, 3.05) is 26.8 Å². The Bertz CT molecular complexity index is 512. The fourth-order valence-electron chi connectivity index (χ4n) is 2.20. The summed E-state index contributed by atoms with van der Waals surface area (Å²) in [5.74, 6) is 0.0554. The van der Waals surface area contributed by atoms with E-state index in [1.807, 2.05) is 12.1 Å². The SMILES string of the molecule is COCCN(CC(F)F)C(=O)C(C)Oc1ccc(C(C)(C)C)cc1. The van der Waals surface area contributed by atoms with E-state index in [1.54, 1.807) is 19.1 Å². The average Bonchev–Trinajstić information content (AvgIpc) is 2.50. The van der Waals surface area contributed by atoms with Crippen molar-refractivity contribution in [1.82, 2.24) is 4.90 Å². The summed E-state index contributed by atoms with van der Waals surface area (Å²) in [5, 5.41) is 0. The zero-order valence-corrected chi connectivity index (χ0v) is 15.0. The number of hydrogen-bond donors (Lipinski definition) is 0. The third-order valence-electron chi connectivity index (χ3n) is 3.62. The monoisotopic (exact) mass is 343 g/mol. The molecule has 1 atom stereocenters. The molecule has 0 radical (unpaired) electrons. The number of hydrogen-bond acceptors (Lipinski definition) is 3. The summed E-state index contributed by atoms with van der Waals surface area (Å²) in [7, 11) is 1.46. The van der Waals surface area contributed by atoms with Gasteiger partial charge in [-0.1, -0.05) is 32.9 Å². The third kappa shape index (κ3) is 6.43. The fourth-order valence-corrected chi connectivity index (χ4v) is 2.20. The normalized spacial score (nSPS) is 13.0. The smallest absolute Gasteiger partial charge is 0.263 e. The number of ether oxygens (including phenoxy) is 2. The van der Waals surface area contributed by atoms with Crippen molar-refractivity contribution in [3.8, 4) is 5.75 Å². The van der Waals surface area contributed by atoms with Crippen LogP contribution in [0.1, 0.15) is 33.3 Å². The first-order valence-corrected chi connectivity index (χ1v) is 7.98. The second-order valence-electron chi connectivity index (χ2n) is 6.70. The highest BCUT2D eigenvalue weighted by atomic mass is 19.3. The van der Waals surface area contributed by atoms with Crippen molar-refractivity contribution < 1.29 is 23.0 Å². The van der Waals surface area contributed by atoms with Crippen molar-refractivity contribution >= 4 is 5.91 Å². The van der Waals surface area contributed by atoms with Crippen LogP contribution in [0.3, 0.4) is 0 Å². The molecule has 1 rings (SSSR count). The van der Waals surface area contributed by atoms with Crippen LogP contribution in [0.5, 0.6) is 5.75 Å². The highest BCUT2D eigenvalue weighted by Gasteiger charge is 2.24. The Morgan fingerprint density at radius 2 is 1.79 bits per heavy atom. The van der Waals surface area contributed by atoms with Crippen molar-refractivity contribution in [2.24, 2.45) is 0 Å². The van der Waals surface area contributed by atoms with Gasteiger partial charge in [0.15, 0.2) is 6.10 Å². The Morgan fingerprint density at radius 1 is 1.21 bits per heavy atom. The largest absolute Gasteiger partial charge is 0.481 e. The molecule has 1 aromatic carbocycles. The molecule has 0 fully saturated rings. The number of nitrogens with zero attached hydrogens (tertiary/aromatic N) is 1. The first kappa shape index (κ1) is 20.4. The van der Waals surface area contributed by atoms with Gasteiger partial charge >= 0.3 is 0 Å². The molecule has 0 spiro atoms. The number of amides is 1. The molecule has 0 bridgehead atoms. The van der Waals surface area contributed by atoms with E-state index >= 15 is 0 Å². The first-order valence-electron chi connectivity index (χ1n) is 7.98. The molecule has 0 aliphatic carbocycles. The molecule has 0 saturated carbocycles. The van der Waals surface area contributed by atoms with Crippen LogP contribution in [0, 0.1) is 0 Å². The summed E-state index contributed by atoms with van der Waals surface area (Å²) in [6, 6.07) is 7.46. The molecule has 0 saturated heterocycles. The maximum absolute atomic E-state index is 12.6. The Morgan fingerprint density at radius 3 is 2.25 bits per heavy atom. The van der Waals surface area contributed by atoms with E-state index in [0.29, 0.717) is 5.75 Å². The number of halogens is 2. The summed E-state index contributed by atoms with van der Waals surface area (Å²) < 4.78 is 35.8. The number of rotatable bonds is 8. The molecule has 0 aromatic heterocycles. The van der Waals surface area contributed by atoms with Crippen molar-refractivity contribution in [3.63, 3.8) is 0 Å². The van der Waals surface area contributed by atoms with Gasteiger partial charge < -0.3 is 14.4 Å². The van der Waals surface area contributed by atoms with Crippen LogP contribution >= 0.6 is 0 Å². The van der Waals surface area contributed by atoms with Gasteiger partial charge in [0.05, 0.1) is 13.2 Å². The molecule has 24 heavy (non-hydrogen) atoms. The minimum atomic E-state index is -2.59. The first-order chi connectivity index (χ1) is 11.1. The van der Waals surface area contributed by atoms with E-state index in [9.17, 15) is 13.6 Å². The van der Waals surface area contributed by atoms with Crippen LogP contribution in [0.2, 0.25) is 0 Å². The molecular formula is C18H27F2NO3. The molecule has 136 valence electrons. The fraction of sp³-hybridized carbons (Fsp3) is 0.611. The van der Waals surface area contributed by atoms with Gasteiger partial charge in [0.2, 0.25) is 0 Å². The Labute approximate surface area is 142 Å². The molecule has 1 aromatic rings. The Kier molecular flexibility index (Phi) is 7.60. The predicted octanol–water partition coefficient (Wildman–Crippen LogP) is 3.49.